The van der Waals surface area contributed by atoms with Crippen molar-refractivity contribution in [3.63, 3.8) is 0 Å². The highest BCUT2D eigenvalue weighted by Crippen LogP contribution is 2.18. The number of rotatable bonds is 5. The molecule has 0 aromatic carbocycles. The van der Waals surface area contributed by atoms with Crippen LogP contribution in [-0.2, 0) is 0 Å². The minimum Gasteiger partial charge on any atom is -0.303 e. The molecule has 2 aliphatic heterocycles. The molecule has 2 saturated heterocycles. The number of nitrogens with zero attached hydrogens (tertiary/aromatic N) is 2. The van der Waals surface area contributed by atoms with Crippen molar-refractivity contribution in [1.82, 2.24) is 9.80 Å². The van der Waals surface area contributed by atoms with Crippen LogP contribution in [0.5, 0.6) is 0 Å². The van der Waals surface area contributed by atoms with Gasteiger partial charge in [-0.15, -0.1) is 11.6 Å². The predicted octanol–water partition coefficient (Wildman–Crippen LogP) is 2.18. The Morgan fingerprint density at radius 3 is 2.53 bits per heavy atom. The van der Waals surface area contributed by atoms with E-state index in [0.717, 1.165) is 5.88 Å². The molecule has 2 aliphatic rings. The molecule has 88 valence electrons. The fourth-order valence-electron chi connectivity index (χ4n) is 2.87. The van der Waals surface area contributed by atoms with Crippen LogP contribution in [0.4, 0.5) is 0 Å². The molecule has 2 heterocycles. The van der Waals surface area contributed by atoms with E-state index >= 15 is 0 Å². The van der Waals surface area contributed by atoms with Crippen LogP contribution in [0.15, 0.2) is 0 Å². The molecule has 1 unspecified atom stereocenters. The van der Waals surface area contributed by atoms with Crippen molar-refractivity contribution in [2.45, 2.75) is 38.1 Å². The van der Waals surface area contributed by atoms with Crippen molar-refractivity contribution >= 4 is 11.6 Å². The van der Waals surface area contributed by atoms with Gasteiger partial charge in [-0.2, -0.15) is 0 Å². The van der Waals surface area contributed by atoms with Gasteiger partial charge in [0.2, 0.25) is 0 Å². The Morgan fingerprint density at radius 2 is 1.80 bits per heavy atom. The van der Waals surface area contributed by atoms with Crippen LogP contribution in [-0.4, -0.2) is 54.4 Å². The van der Waals surface area contributed by atoms with E-state index < -0.39 is 0 Å². The molecule has 0 aliphatic carbocycles. The van der Waals surface area contributed by atoms with Gasteiger partial charge in [-0.3, -0.25) is 4.90 Å². The van der Waals surface area contributed by atoms with E-state index in [0.29, 0.717) is 6.04 Å². The Morgan fingerprint density at radius 1 is 1.00 bits per heavy atom. The summed E-state index contributed by atoms with van der Waals surface area (Å²) in [5.41, 5.74) is 0. The van der Waals surface area contributed by atoms with Gasteiger partial charge >= 0.3 is 0 Å². The molecule has 0 saturated carbocycles. The summed E-state index contributed by atoms with van der Waals surface area (Å²) < 4.78 is 0. The maximum Gasteiger partial charge on any atom is 0.0379 e. The number of alkyl halides is 1. The first-order chi connectivity index (χ1) is 7.40. The Labute approximate surface area is 98.6 Å². The quantitative estimate of drug-likeness (QED) is 0.668. The average molecular weight is 231 g/mol. The molecule has 15 heavy (non-hydrogen) atoms. The summed E-state index contributed by atoms with van der Waals surface area (Å²) in [6.07, 6.45) is 6.81. The topological polar surface area (TPSA) is 6.48 Å². The monoisotopic (exact) mass is 230 g/mol. The SMILES string of the molecule is ClCC1CCCN1CCCN1CCCC1. The maximum absolute atomic E-state index is 5.96. The lowest BCUT2D eigenvalue weighted by molar-refractivity contribution is 0.242. The standard InChI is InChI=1S/C12H23ClN2/c13-11-12-5-3-9-15(12)10-4-8-14-6-1-2-7-14/h12H,1-11H2. The second-order valence-electron chi connectivity index (χ2n) is 4.89. The molecule has 0 radical (unpaired) electrons. The van der Waals surface area contributed by atoms with E-state index in [1.54, 1.807) is 0 Å². The van der Waals surface area contributed by atoms with Gasteiger partial charge in [0.25, 0.3) is 0 Å². The molecule has 0 spiro atoms. The fourth-order valence-corrected chi connectivity index (χ4v) is 3.22. The molecule has 2 fully saturated rings. The Balaban J connectivity index is 1.60. The minimum absolute atomic E-state index is 0.672. The van der Waals surface area contributed by atoms with Crippen LogP contribution in [0.1, 0.15) is 32.1 Å². The van der Waals surface area contributed by atoms with Gasteiger partial charge in [0, 0.05) is 11.9 Å². The first kappa shape index (κ1) is 11.7. The smallest absolute Gasteiger partial charge is 0.0379 e. The molecule has 0 bridgehead atoms. The van der Waals surface area contributed by atoms with Crippen molar-refractivity contribution in [1.29, 1.82) is 0 Å². The van der Waals surface area contributed by atoms with Crippen LogP contribution >= 0.6 is 11.6 Å². The summed E-state index contributed by atoms with van der Waals surface area (Å²) in [6, 6.07) is 0.672. The van der Waals surface area contributed by atoms with E-state index in [-0.39, 0.29) is 0 Å². The van der Waals surface area contributed by atoms with Crippen LogP contribution in [0.2, 0.25) is 0 Å². The summed E-state index contributed by atoms with van der Waals surface area (Å²) in [5.74, 6) is 0.823. The highest BCUT2D eigenvalue weighted by atomic mass is 35.5. The van der Waals surface area contributed by atoms with Gasteiger partial charge < -0.3 is 4.90 Å². The van der Waals surface area contributed by atoms with Gasteiger partial charge in [-0.25, -0.2) is 0 Å². The minimum atomic E-state index is 0.672. The number of hydrogen-bond donors (Lipinski definition) is 0. The Bertz CT molecular complexity index is 180. The lowest BCUT2D eigenvalue weighted by atomic mass is 10.2. The number of hydrogen-bond acceptors (Lipinski definition) is 2. The van der Waals surface area contributed by atoms with Gasteiger partial charge in [0.05, 0.1) is 0 Å². The summed E-state index contributed by atoms with van der Waals surface area (Å²) in [7, 11) is 0. The Hall–Kier alpha value is 0.210. The first-order valence-electron chi connectivity index (χ1n) is 6.42. The van der Waals surface area contributed by atoms with E-state index in [1.807, 2.05) is 0 Å². The van der Waals surface area contributed by atoms with E-state index in [9.17, 15) is 0 Å². The highest BCUT2D eigenvalue weighted by molar-refractivity contribution is 6.18. The van der Waals surface area contributed by atoms with Gasteiger partial charge in [-0.1, -0.05) is 0 Å². The fraction of sp³-hybridized carbons (Fsp3) is 1.00. The van der Waals surface area contributed by atoms with Crippen LogP contribution in [0, 0.1) is 0 Å². The van der Waals surface area contributed by atoms with Crippen molar-refractivity contribution < 1.29 is 0 Å². The molecule has 1 atom stereocenters. The lowest BCUT2D eigenvalue weighted by Gasteiger charge is -2.23. The Kier molecular flexibility index (Phi) is 4.73. The molecule has 3 heteroatoms. The van der Waals surface area contributed by atoms with Crippen LogP contribution in [0.3, 0.4) is 0 Å². The van der Waals surface area contributed by atoms with E-state index in [2.05, 4.69) is 9.80 Å². The predicted molar refractivity (Wildman–Crippen MR) is 65.6 cm³/mol. The largest absolute Gasteiger partial charge is 0.303 e. The molecule has 0 amide bonds. The van der Waals surface area contributed by atoms with Crippen molar-refractivity contribution in [3.05, 3.63) is 0 Å². The normalized spacial score (nSPS) is 29.0. The van der Waals surface area contributed by atoms with Crippen molar-refractivity contribution in [2.75, 3.05) is 38.6 Å². The first-order valence-corrected chi connectivity index (χ1v) is 6.96. The zero-order valence-corrected chi connectivity index (χ0v) is 10.4. The molecule has 2 rings (SSSR count). The van der Waals surface area contributed by atoms with Gasteiger partial charge in [0.15, 0.2) is 0 Å². The van der Waals surface area contributed by atoms with Gasteiger partial charge in [0.1, 0.15) is 0 Å². The summed E-state index contributed by atoms with van der Waals surface area (Å²) in [4.78, 5) is 5.19. The van der Waals surface area contributed by atoms with Crippen LogP contribution < -0.4 is 0 Å². The molecular formula is C12H23ClN2. The third-order valence-electron chi connectivity index (χ3n) is 3.80. The van der Waals surface area contributed by atoms with Crippen molar-refractivity contribution in [3.8, 4) is 0 Å². The third kappa shape index (κ3) is 3.33. The zero-order chi connectivity index (χ0) is 10.5. The van der Waals surface area contributed by atoms with Gasteiger partial charge in [-0.05, 0) is 64.8 Å². The second-order valence-corrected chi connectivity index (χ2v) is 5.20. The zero-order valence-electron chi connectivity index (χ0n) is 9.63. The third-order valence-corrected chi connectivity index (χ3v) is 4.15. The van der Waals surface area contributed by atoms with Crippen LogP contribution in [0.25, 0.3) is 0 Å². The van der Waals surface area contributed by atoms with E-state index in [1.165, 1.54) is 64.8 Å². The molecular weight excluding hydrogens is 208 g/mol. The van der Waals surface area contributed by atoms with Crippen molar-refractivity contribution in [2.24, 2.45) is 0 Å². The van der Waals surface area contributed by atoms with E-state index in [4.69, 9.17) is 11.6 Å². The molecule has 0 aromatic heterocycles. The highest BCUT2D eigenvalue weighted by Gasteiger charge is 2.23. The summed E-state index contributed by atoms with van der Waals surface area (Å²) >= 11 is 5.96. The summed E-state index contributed by atoms with van der Waals surface area (Å²) in [5, 5.41) is 0. The number of halogens is 1. The molecule has 0 aromatic rings. The molecule has 2 nitrogen and oxygen atoms in total. The maximum atomic E-state index is 5.96. The average Bonchev–Trinajstić information content (AvgIpc) is 2.88. The molecule has 0 N–H and O–H groups in total. The second kappa shape index (κ2) is 6.07. The lowest BCUT2D eigenvalue weighted by Crippen LogP contribution is -2.33. The number of likely N-dealkylation sites (tertiary alicyclic amines) is 2. The summed E-state index contributed by atoms with van der Waals surface area (Å²) in [6.45, 7) is 6.49.